The highest BCUT2D eigenvalue weighted by Crippen LogP contribution is 2.20. The highest BCUT2D eigenvalue weighted by atomic mass is 16.2. The average Bonchev–Trinajstić information content (AvgIpc) is 2.66. The van der Waals surface area contributed by atoms with Crippen molar-refractivity contribution in [1.82, 2.24) is 10.2 Å². The molecule has 1 aliphatic heterocycles. The highest BCUT2D eigenvalue weighted by molar-refractivity contribution is 5.74. The Hall–Kier alpha value is -2.49. The minimum atomic E-state index is 0.0671. The number of anilines is 1. The number of rotatable bonds is 5. The molecule has 1 heterocycles. The molecule has 0 unspecified atom stereocenters. The first-order valence-corrected chi connectivity index (χ1v) is 9.11. The van der Waals surface area contributed by atoms with E-state index < -0.39 is 0 Å². The summed E-state index contributed by atoms with van der Waals surface area (Å²) < 4.78 is 0. The van der Waals surface area contributed by atoms with Gasteiger partial charge in [-0.1, -0.05) is 48.5 Å². The Morgan fingerprint density at radius 2 is 1.64 bits per heavy atom. The molecule has 0 radical (unpaired) electrons. The number of amides is 2. The van der Waals surface area contributed by atoms with Crippen LogP contribution in [0.3, 0.4) is 0 Å². The van der Waals surface area contributed by atoms with Crippen LogP contribution >= 0.6 is 0 Å². The van der Waals surface area contributed by atoms with Gasteiger partial charge in [0.15, 0.2) is 0 Å². The van der Waals surface area contributed by atoms with Crippen LogP contribution in [0.2, 0.25) is 0 Å². The zero-order valence-corrected chi connectivity index (χ0v) is 14.9. The lowest BCUT2D eigenvalue weighted by Gasteiger charge is -2.36. The summed E-state index contributed by atoms with van der Waals surface area (Å²) in [5.41, 5.74) is 3.90. The zero-order valence-electron chi connectivity index (χ0n) is 14.9. The molecule has 0 spiro atoms. The van der Waals surface area contributed by atoms with Gasteiger partial charge in [-0.3, -0.25) is 0 Å². The summed E-state index contributed by atoms with van der Waals surface area (Å²) >= 11 is 0. The number of nitrogens with zero attached hydrogens (tertiary/aromatic N) is 2. The predicted octanol–water partition coefficient (Wildman–Crippen LogP) is 3.46. The highest BCUT2D eigenvalue weighted by Gasteiger charge is 2.21. The molecule has 1 fully saturated rings. The van der Waals surface area contributed by atoms with Crippen LogP contribution < -0.4 is 10.2 Å². The van der Waals surface area contributed by atoms with Gasteiger partial charge in [0.1, 0.15) is 0 Å². The second kappa shape index (κ2) is 8.56. The maximum atomic E-state index is 12.3. The molecule has 0 saturated carbocycles. The Morgan fingerprint density at radius 3 is 2.36 bits per heavy atom. The number of carbonyl (C=O) groups is 1. The molecule has 2 aromatic rings. The van der Waals surface area contributed by atoms with Crippen molar-refractivity contribution in [3.63, 3.8) is 0 Å². The van der Waals surface area contributed by atoms with Gasteiger partial charge in [-0.05, 0) is 37.0 Å². The number of urea groups is 1. The molecule has 0 aliphatic carbocycles. The summed E-state index contributed by atoms with van der Waals surface area (Å²) in [5, 5.41) is 3.06. The van der Waals surface area contributed by atoms with E-state index in [1.165, 1.54) is 16.8 Å². The van der Waals surface area contributed by atoms with Crippen LogP contribution in [0.5, 0.6) is 0 Å². The van der Waals surface area contributed by atoms with E-state index >= 15 is 0 Å². The molecule has 1 saturated heterocycles. The van der Waals surface area contributed by atoms with Crippen LogP contribution in [-0.4, -0.2) is 43.7 Å². The number of nitrogens with one attached hydrogen (secondary N) is 1. The number of carbonyl (C=O) groups excluding carboxylic acids is 1. The molecule has 1 N–H and O–H groups in total. The first-order chi connectivity index (χ1) is 12.2. The van der Waals surface area contributed by atoms with E-state index in [-0.39, 0.29) is 6.03 Å². The fourth-order valence-electron chi connectivity index (χ4n) is 3.31. The van der Waals surface area contributed by atoms with Gasteiger partial charge in [-0.15, -0.1) is 0 Å². The largest absolute Gasteiger partial charge is 0.368 e. The molecule has 2 aromatic carbocycles. The second-order valence-electron chi connectivity index (χ2n) is 6.58. The van der Waals surface area contributed by atoms with Gasteiger partial charge in [0.2, 0.25) is 0 Å². The van der Waals surface area contributed by atoms with Crippen molar-refractivity contribution in [2.75, 3.05) is 37.6 Å². The van der Waals surface area contributed by atoms with E-state index in [9.17, 15) is 4.79 Å². The number of piperazine rings is 1. The summed E-state index contributed by atoms with van der Waals surface area (Å²) in [7, 11) is 0. The monoisotopic (exact) mass is 337 g/mol. The van der Waals surface area contributed by atoms with Gasteiger partial charge < -0.3 is 15.1 Å². The van der Waals surface area contributed by atoms with Crippen molar-refractivity contribution >= 4 is 11.7 Å². The molecular formula is C21H27N3O. The van der Waals surface area contributed by atoms with Crippen molar-refractivity contribution in [3.05, 3.63) is 65.7 Å². The first kappa shape index (κ1) is 17.3. The predicted molar refractivity (Wildman–Crippen MR) is 103 cm³/mol. The molecule has 2 amide bonds. The van der Waals surface area contributed by atoms with Gasteiger partial charge in [0, 0.05) is 38.4 Å². The third-order valence-electron chi connectivity index (χ3n) is 4.78. The van der Waals surface area contributed by atoms with Crippen LogP contribution in [0, 0.1) is 6.92 Å². The standard InChI is InChI=1S/C21H27N3O/c1-18-8-5-6-12-20(18)23-14-16-24(17-15-23)21(25)22-13-7-11-19-9-3-2-4-10-19/h2-6,8-10,12H,7,11,13-17H2,1H3,(H,22,25). The maximum absolute atomic E-state index is 12.3. The quantitative estimate of drug-likeness (QED) is 0.848. The van der Waals surface area contributed by atoms with Crippen LogP contribution in [0.15, 0.2) is 54.6 Å². The molecule has 1 aliphatic rings. The van der Waals surface area contributed by atoms with E-state index in [4.69, 9.17) is 0 Å². The van der Waals surface area contributed by atoms with Gasteiger partial charge >= 0.3 is 6.03 Å². The molecular weight excluding hydrogens is 310 g/mol. The lowest BCUT2D eigenvalue weighted by Crippen LogP contribution is -2.52. The minimum Gasteiger partial charge on any atom is -0.368 e. The number of hydrogen-bond donors (Lipinski definition) is 1. The fraction of sp³-hybridized carbons (Fsp3) is 0.381. The topological polar surface area (TPSA) is 35.6 Å². The summed E-state index contributed by atoms with van der Waals surface area (Å²) in [6.07, 6.45) is 1.97. The number of aryl methyl sites for hydroxylation is 2. The van der Waals surface area contributed by atoms with Crippen LogP contribution in [-0.2, 0) is 6.42 Å². The molecule has 0 atom stereocenters. The molecule has 132 valence electrons. The molecule has 25 heavy (non-hydrogen) atoms. The number of hydrogen-bond acceptors (Lipinski definition) is 2. The molecule has 4 nitrogen and oxygen atoms in total. The normalized spacial score (nSPS) is 14.4. The van der Waals surface area contributed by atoms with Crippen molar-refractivity contribution in [2.45, 2.75) is 19.8 Å². The third-order valence-corrected chi connectivity index (χ3v) is 4.78. The van der Waals surface area contributed by atoms with E-state index in [0.29, 0.717) is 0 Å². The Kier molecular flexibility index (Phi) is 5.94. The SMILES string of the molecule is Cc1ccccc1N1CCN(C(=O)NCCCc2ccccc2)CC1. The van der Waals surface area contributed by atoms with E-state index in [0.717, 1.165) is 45.6 Å². The summed E-state index contributed by atoms with van der Waals surface area (Å²) in [5.74, 6) is 0. The van der Waals surface area contributed by atoms with E-state index in [2.05, 4.69) is 65.7 Å². The lowest BCUT2D eigenvalue weighted by atomic mass is 10.1. The smallest absolute Gasteiger partial charge is 0.317 e. The average molecular weight is 337 g/mol. The van der Waals surface area contributed by atoms with Gasteiger partial charge in [0.25, 0.3) is 0 Å². The van der Waals surface area contributed by atoms with E-state index in [1.54, 1.807) is 0 Å². The zero-order chi connectivity index (χ0) is 17.5. The molecule has 4 heteroatoms. The Bertz CT molecular complexity index is 679. The van der Waals surface area contributed by atoms with Crippen LogP contribution in [0.25, 0.3) is 0 Å². The van der Waals surface area contributed by atoms with Gasteiger partial charge in [-0.2, -0.15) is 0 Å². The van der Waals surface area contributed by atoms with Crippen molar-refractivity contribution in [2.24, 2.45) is 0 Å². The van der Waals surface area contributed by atoms with Crippen LogP contribution in [0.4, 0.5) is 10.5 Å². The van der Waals surface area contributed by atoms with E-state index in [1.807, 2.05) is 11.0 Å². The summed E-state index contributed by atoms with van der Waals surface area (Å²) in [6.45, 7) is 6.20. The maximum Gasteiger partial charge on any atom is 0.317 e. The number of para-hydroxylation sites is 1. The van der Waals surface area contributed by atoms with Crippen molar-refractivity contribution in [1.29, 1.82) is 0 Å². The van der Waals surface area contributed by atoms with Crippen molar-refractivity contribution < 1.29 is 4.79 Å². The third kappa shape index (κ3) is 4.75. The molecule has 0 bridgehead atoms. The Morgan fingerprint density at radius 1 is 0.960 bits per heavy atom. The number of benzene rings is 2. The molecule has 3 rings (SSSR count). The Labute approximate surface area is 150 Å². The van der Waals surface area contributed by atoms with Gasteiger partial charge in [-0.25, -0.2) is 4.79 Å². The second-order valence-corrected chi connectivity index (χ2v) is 6.58. The van der Waals surface area contributed by atoms with Crippen molar-refractivity contribution in [3.8, 4) is 0 Å². The van der Waals surface area contributed by atoms with Crippen LogP contribution in [0.1, 0.15) is 17.5 Å². The first-order valence-electron chi connectivity index (χ1n) is 9.11. The summed E-state index contributed by atoms with van der Waals surface area (Å²) in [6, 6.07) is 18.9. The lowest BCUT2D eigenvalue weighted by molar-refractivity contribution is 0.194. The fourth-order valence-corrected chi connectivity index (χ4v) is 3.31. The summed E-state index contributed by atoms with van der Waals surface area (Å²) in [4.78, 5) is 16.6. The minimum absolute atomic E-state index is 0.0671. The molecule has 0 aromatic heterocycles. The van der Waals surface area contributed by atoms with Gasteiger partial charge in [0.05, 0.1) is 0 Å². The Balaban J connectivity index is 1.39.